The van der Waals surface area contributed by atoms with Gasteiger partial charge in [-0.1, -0.05) is 54.1 Å². The summed E-state index contributed by atoms with van der Waals surface area (Å²) in [5, 5.41) is 0.531. The second-order valence-corrected chi connectivity index (χ2v) is 7.59. The first-order chi connectivity index (χ1) is 14.5. The smallest absolute Gasteiger partial charge is 0.261 e. The summed E-state index contributed by atoms with van der Waals surface area (Å²) in [6, 6.07) is 19.9. The second-order valence-electron chi connectivity index (χ2n) is 7.18. The zero-order chi connectivity index (χ0) is 20.8. The third-order valence-corrected chi connectivity index (χ3v) is 5.61. The molecule has 0 aliphatic carbocycles. The molecule has 0 spiro atoms. The van der Waals surface area contributed by atoms with Crippen molar-refractivity contribution in [2.24, 2.45) is 0 Å². The van der Waals surface area contributed by atoms with E-state index in [2.05, 4.69) is 0 Å². The standard InChI is InChI=1S/C24H16ClN3O2/c1-14-7-6-12-19-21(14)27-22(17-10-4-5-11-18(17)25)20(26-19)13-28-23(29)15-8-2-3-9-16(15)24(28)30/h2-12H,13H2,1H3. The zero-order valence-corrected chi connectivity index (χ0v) is 16.8. The van der Waals surface area contributed by atoms with Crippen molar-refractivity contribution in [1.29, 1.82) is 0 Å². The van der Waals surface area contributed by atoms with Gasteiger partial charge in [0, 0.05) is 5.56 Å². The Bertz CT molecular complexity index is 1310. The molecule has 1 aromatic heterocycles. The van der Waals surface area contributed by atoms with Crippen molar-refractivity contribution in [3.05, 3.63) is 94.1 Å². The summed E-state index contributed by atoms with van der Waals surface area (Å²) in [4.78, 5) is 36.6. The van der Waals surface area contributed by atoms with Gasteiger partial charge in [0.05, 0.1) is 45.1 Å². The fourth-order valence-electron chi connectivity index (χ4n) is 3.77. The van der Waals surface area contributed by atoms with Gasteiger partial charge in [0.2, 0.25) is 0 Å². The maximum absolute atomic E-state index is 12.9. The van der Waals surface area contributed by atoms with Crippen LogP contribution < -0.4 is 0 Å². The van der Waals surface area contributed by atoms with Crippen LogP contribution in [-0.4, -0.2) is 26.7 Å². The molecule has 0 fully saturated rings. The second kappa shape index (κ2) is 7.04. The van der Waals surface area contributed by atoms with Crippen LogP contribution in [0.5, 0.6) is 0 Å². The third kappa shape index (κ3) is 2.86. The highest BCUT2D eigenvalue weighted by atomic mass is 35.5. The number of aromatic nitrogens is 2. The molecule has 4 aromatic rings. The molecule has 146 valence electrons. The van der Waals surface area contributed by atoms with Crippen LogP contribution in [0.3, 0.4) is 0 Å². The van der Waals surface area contributed by atoms with Gasteiger partial charge in [-0.05, 0) is 36.8 Å². The summed E-state index contributed by atoms with van der Waals surface area (Å²) >= 11 is 6.45. The van der Waals surface area contributed by atoms with E-state index in [1.165, 1.54) is 4.90 Å². The molecule has 5 nitrogen and oxygen atoms in total. The summed E-state index contributed by atoms with van der Waals surface area (Å²) in [6.45, 7) is 1.99. The monoisotopic (exact) mass is 413 g/mol. The molecule has 3 aromatic carbocycles. The number of halogens is 1. The van der Waals surface area contributed by atoms with Gasteiger partial charge in [0.25, 0.3) is 11.8 Å². The number of rotatable bonds is 3. The number of benzene rings is 3. The predicted octanol–water partition coefficient (Wildman–Crippen LogP) is 5.05. The van der Waals surface area contributed by atoms with E-state index in [1.54, 1.807) is 30.3 Å². The maximum Gasteiger partial charge on any atom is 0.261 e. The SMILES string of the molecule is Cc1cccc2nc(CN3C(=O)c4ccccc4C3=O)c(-c3ccccc3Cl)nc12. The minimum atomic E-state index is -0.327. The number of nitrogens with zero attached hydrogens (tertiary/aromatic N) is 3. The van der Waals surface area contributed by atoms with Crippen LogP contribution >= 0.6 is 11.6 Å². The molecule has 1 aliphatic heterocycles. The van der Waals surface area contributed by atoms with E-state index < -0.39 is 0 Å². The molecule has 0 N–H and O–H groups in total. The molecule has 6 heteroatoms. The van der Waals surface area contributed by atoms with E-state index in [0.29, 0.717) is 38.6 Å². The Balaban J connectivity index is 1.67. The zero-order valence-electron chi connectivity index (χ0n) is 16.1. The van der Waals surface area contributed by atoms with Crippen molar-refractivity contribution in [1.82, 2.24) is 14.9 Å². The first-order valence-corrected chi connectivity index (χ1v) is 9.89. The molecule has 30 heavy (non-hydrogen) atoms. The van der Waals surface area contributed by atoms with Crippen molar-refractivity contribution < 1.29 is 9.59 Å². The van der Waals surface area contributed by atoms with E-state index in [-0.39, 0.29) is 18.4 Å². The molecule has 0 radical (unpaired) electrons. The molecular formula is C24H16ClN3O2. The minimum absolute atomic E-state index is 0.0176. The van der Waals surface area contributed by atoms with Crippen LogP contribution in [0.25, 0.3) is 22.3 Å². The van der Waals surface area contributed by atoms with Crippen molar-refractivity contribution in [3.63, 3.8) is 0 Å². The van der Waals surface area contributed by atoms with Crippen LogP contribution in [0, 0.1) is 6.92 Å². The van der Waals surface area contributed by atoms with Crippen LogP contribution in [0.2, 0.25) is 5.02 Å². The molecule has 0 bridgehead atoms. The highest BCUT2D eigenvalue weighted by Gasteiger charge is 2.36. The van der Waals surface area contributed by atoms with Crippen molar-refractivity contribution in [2.75, 3.05) is 0 Å². The molecule has 2 amide bonds. The Labute approximate surface area is 178 Å². The Morgan fingerprint density at radius 3 is 2.10 bits per heavy atom. The molecule has 0 unspecified atom stereocenters. The summed E-state index contributed by atoms with van der Waals surface area (Å²) < 4.78 is 0. The largest absolute Gasteiger partial charge is 0.269 e. The van der Waals surface area contributed by atoms with E-state index >= 15 is 0 Å². The first kappa shape index (κ1) is 18.5. The van der Waals surface area contributed by atoms with Crippen molar-refractivity contribution in [3.8, 4) is 11.3 Å². The maximum atomic E-state index is 12.9. The number of hydrogen-bond acceptors (Lipinski definition) is 4. The summed E-state index contributed by atoms with van der Waals surface area (Å²) in [7, 11) is 0. The molecule has 0 atom stereocenters. The Kier molecular flexibility index (Phi) is 4.33. The van der Waals surface area contributed by atoms with Gasteiger partial charge < -0.3 is 0 Å². The molecular weight excluding hydrogens is 398 g/mol. The highest BCUT2D eigenvalue weighted by Crippen LogP contribution is 2.32. The van der Waals surface area contributed by atoms with E-state index in [0.717, 1.165) is 11.1 Å². The molecule has 2 heterocycles. The number of carbonyl (C=O) groups excluding carboxylic acids is 2. The summed E-state index contributed by atoms with van der Waals surface area (Å²) in [5.41, 5.74) is 5.08. The van der Waals surface area contributed by atoms with Gasteiger partial charge in [-0.25, -0.2) is 9.97 Å². The van der Waals surface area contributed by atoms with Crippen LogP contribution in [0.1, 0.15) is 32.0 Å². The fraction of sp³-hybridized carbons (Fsp3) is 0.0833. The van der Waals surface area contributed by atoms with E-state index in [4.69, 9.17) is 21.6 Å². The Hall–Kier alpha value is -3.57. The topological polar surface area (TPSA) is 63.2 Å². The van der Waals surface area contributed by atoms with Gasteiger partial charge >= 0.3 is 0 Å². The fourth-order valence-corrected chi connectivity index (χ4v) is 3.99. The van der Waals surface area contributed by atoms with Gasteiger partial charge in [-0.2, -0.15) is 0 Å². The van der Waals surface area contributed by atoms with E-state index in [1.807, 2.05) is 43.3 Å². The van der Waals surface area contributed by atoms with E-state index in [9.17, 15) is 9.59 Å². The van der Waals surface area contributed by atoms with Gasteiger partial charge in [0.1, 0.15) is 0 Å². The molecule has 5 rings (SSSR count). The number of fused-ring (bicyclic) bond motifs is 2. The third-order valence-electron chi connectivity index (χ3n) is 5.28. The molecule has 0 saturated carbocycles. The Morgan fingerprint density at radius 2 is 1.43 bits per heavy atom. The summed E-state index contributed by atoms with van der Waals surface area (Å²) in [5.74, 6) is -0.654. The van der Waals surface area contributed by atoms with Crippen molar-refractivity contribution in [2.45, 2.75) is 13.5 Å². The van der Waals surface area contributed by atoms with Gasteiger partial charge in [0.15, 0.2) is 0 Å². The predicted molar refractivity (Wildman–Crippen MR) is 115 cm³/mol. The normalized spacial score (nSPS) is 13.2. The lowest BCUT2D eigenvalue weighted by Crippen LogP contribution is -2.30. The minimum Gasteiger partial charge on any atom is -0.269 e. The number of para-hydroxylation sites is 1. The number of amides is 2. The number of aryl methyl sites for hydroxylation is 1. The highest BCUT2D eigenvalue weighted by molar-refractivity contribution is 6.33. The number of imide groups is 1. The number of hydrogen-bond donors (Lipinski definition) is 0. The lowest BCUT2D eigenvalue weighted by Gasteiger charge is -2.17. The average Bonchev–Trinajstić information content (AvgIpc) is 2.99. The number of carbonyl (C=O) groups is 2. The van der Waals surface area contributed by atoms with Gasteiger partial charge in [-0.3, -0.25) is 14.5 Å². The molecule has 0 saturated heterocycles. The van der Waals surface area contributed by atoms with Crippen LogP contribution in [0.4, 0.5) is 0 Å². The average molecular weight is 414 g/mol. The van der Waals surface area contributed by atoms with Crippen LogP contribution in [-0.2, 0) is 6.54 Å². The molecule has 1 aliphatic rings. The Morgan fingerprint density at radius 1 is 0.800 bits per heavy atom. The summed E-state index contributed by atoms with van der Waals surface area (Å²) in [6.07, 6.45) is 0. The lowest BCUT2D eigenvalue weighted by molar-refractivity contribution is 0.0640. The quantitative estimate of drug-likeness (QED) is 0.440. The first-order valence-electron chi connectivity index (χ1n) is 9.51. The van der Waals surface area contributed by atoms with Gasteiger partial charge in [-0.15, -0.1) is 0 Å². The lowest BCUT2D eigenvalue weighted by atomic mass is 10.1. The van der Waals surface area contributed by atoms with Crippen LogP contribution in [0.15, 0.2) is 66.7 Å². The van der Waals surface area contributed by atoms with Crippen molar-refractivity contribution >= 4 is 34.4 Å².